The van der Waals surface area contributed by atoms with Crippen LogP contribution in [0.25, 0.3) is 0 Å². The van der Waals surface area contributed by atoms with Gasteiger partial charge in [-0.15, -0.1) is 10.2 Å². The van der Waals surface area contributed by atoms with Crippen LogP contribution in [0.2, 0.25) is 0 Å². The highest BCUT2D eigenvalue weighted by Crippen LogP contribution is 2.23. The molecule has 2 amide bonds. The lowest BCUT2D eigenvalue weighted by atomic mass is 9.89. The number of hydrogen-bond acceptors (Lipinski definition) is 6. The van der Waals surface area contributed by atoms with Crippen molar-refractivity contribution in [3.63, 3.8) is 0 Å². The Kier molecular flexibility index (Phi) is 9.04. The molecule has 0 saturated heterocycles. The van der Waals surface area contributed by atoms with E-state index in [0.29, 0.717) is 36.3 Å². The van der Waals surface area contributed by atoms with E-state index in [2.05, 4.69) is 31.3 Å². The molecule has 10 heteroatoms. The molecule has 2 aromatic rings. The van der Waals surface area contributed by atoms with Gasteiger partial charge in [0, 0.05) is 26.2 Å². The van der Waals surface area contributed by atoms with Gasteiger partial charge in [-0.3, -0.25) is 19.0 Å². The van der Waals surface area contributed by atoms with Crippen molar-refractivity contribution in [2.45, 2.75) is 90.1 Å². The predicted molar refractivity (Wildman–Crippen MR) is 127 cm³/mol. The minimum atomic E-state index is -0.145. The standard InChI is InChI=1S/C24H38N8O2/c33-23(25-15-19-9-3-1-4-10-19)21-17-31(29-27-21)13-7-8-14-32-18-22(28-30-32)24(34)26-16-20-11-5-2-6-12-20/h17-20H,1-16H2,(H,25,33)(H,26,34). The minimum Gasteiger partial charge on any atom is -0.350 e. The molecular formula is C24H38N8O2. The van der Waals surface area contributed by atoms with Gasteiger partial charge in [-0.05, 0) is 50.4 Å². The fourth-order valence-corrected chi connectivity index (χ4v) is 5.01. The molecule has 2 saturated carbocycles. The smallest absolute Gasteiger partial charge is 0.273 e. The molecule has 2 aliphatic carbocycles. The van der Waals surface area contributed by atoms with Gasteiger partial charge in [0.2, 0.25) is 0 Å². The zero-order valence-electron chi connectivity index (χ0n) is 20.1. The number of aryl methyl sites for hydroxylation is 2. The van der Waals surface area contributed by atoms with Crippen LogP contribution in [0.4, 0.5) is 0 Å². The van der Waals surface area contributed by atoms with E-state index in [-0.39, 0.29) is 11.8 Å². The van der Waals surface area contributed by atoms with Crippen molar-refractivity contribution in [1.82, 2.24) is 40.6 Å². The van der Waals surface area contributed by atoms with E-state index in [9.17, 15) is 9.59 Å². The summed E-state index contributed by atoms with van der Waals surface area (Å²) in [6.07, 6.45) is 17.6. The Morgan fingerprint density at radius 2 is 1.12 bits per heavy atom. The normalized spacial score (nSPS) is 17.5. The lowest BCUT2D eigenvalue weighted by molar-refractivity contribution is 0.0930. The van der Waals surface area contributed by atoms with Gasteiger partial charge >= 0.3 is 0 Å². The number of unbranched alkanes of at least 4 members (excludes halogenated alkanes) is 1. The molecule has 10 nitrogen and oxygen atoms in total. The molecule has 0 bridgehead atoms. The van der Waals surface area contributed by atoms with Gasteiger partial charge in [0.05, 0.1) is 12.4 Å². The Morgan fingerprint density at radius 3 is 1.53 bits per heavy atom. The molecule has 34 heavy (non-hydrogen) atoms. The first kappa shape index (κ1) is 24.3. The highest BCUT2D eigenvalue weighted by Gasteiger charge is 2.18. The zero-order valence-corrected chi connectivity index (χ0v) is 20.1. The van der Waals surface area contributed by atoms with Gasteiger partial charge in [0.15, 0.2) is 11.4 Å². The van der Waals surface area contributed by atoms with Crippen LogP contribution < -0.4 is 10.6 Å². The SMILES string of the molecule is O=C(NCC1CCCCC1)c1cn(CCCCn2cc(C(=O)NCC3CCCCC3)nn2)nn1. The largest absolute Gasteiger partial charge is 0.350 e. The molecule has 2 aliphatic rings. The molecule has 4 rings (SSSR count). The summed E-state index contributed by atoms with van der Waals surface area (Å²) >= 11 is 0. The second kappa shape index (κ2) is 12.6. The van der Waals surface area contributed by atoms with Crippen LogP contribution in [0.3, 0.4) is 0 Å². The van der Waals surface area contributed by atoms with Gasteiger partial charge in [-0.2, -0.15) is 0 Å². The Hall–Kier alpha value is -2.78. The summed E-state index contributed by atoms with van der Waals surface area (Å²) < 4.78 is 3.42. The molecular weight excluding hydrogens is 432 g/mol. The van der Waals surface area contributed by atoms with Gasteiger partial charge < -0.3 is 10.6 Å². The first-order chi connectivity index (χ1) is 16.7. The molecule has 2 aromatic heterocycles. The van der Waals surface area contributed by atoms with Crippen LogP contribution in [0.15, 0.2) is 12.4 Å². The Balaban J connectivity index is 1.12. The van der Waals surface area contributed by atoms with Crippen molar-refractivity contribution < 1.29 is 9.59 Å². The van der Waals surface area contributed by atoms with E-state index in [1.165, 1.54) is 64.2 Å². The van der Waals surface area contributed by atoms with Crippen LogP contribution >= 0.6 is 0 Å². The fraction of sp³-hybridized carbons (Fsp3) is 0.750. The van der Waals surface area contributed by atoms with Crippen LogP contribution in [0.1, 0.15) is 98.0 Å². The highest BCUT2D eigenvalue weighted by molar-refractivity contribution is 5.92. The van der Waals surface area contributed by atoms with Crippen molar-refractivity contribution in [2.75, 3.05) is 13.1 Å². The van der Waals surface area contributed by atoms with Crippen LogP contribution in [0.5, 0.6) is 0 Å². The maximum atomic E-state index is 12.3. The summed E-state index contributed by atoms with van der Waals surface area (Å²) in [7, 11) is 0. The molecule has 0 aliphatic heterocycles. The van der Waals surface area contributed by atoms with Crippen LogP contribution in [-0.2, 0) is 13.1 Å². The van der Waals surface area contributed by atoms with Crippen molar-refractivity contribution in [3.8, 4) is 0 Å². The van der Waals surface area contributed by atoms with Gasteiger partial charge in [0.25, 0.3) is 11.8 Å². The Bertz CT molecular complexity index is 837. The molecule has 186 valence electrons. The van der Waals surface area contributed by atoms with Gasteiger partial charge in [-0.25, -0.2) is 0 Å². The molecule has 0 atom stereocenters. The molecule has 2 N–H and O–H groups in total. The lowest BCUT2D eigenvalue weighted by Gasteiger charge is -2.21. The maximum absolute atomic E-state index is 12.3. The van der Waals surface area contributed by atoms with Crippen molar-refractivity contribution in [2.24, 2.45) is 11.8 Å². The second-order valence-electron chi connectivity index (χ2n) is 9.87. The van der Waals surface area contributed by atoms with E-state index >= 15 is 0 Å². The Morgan fingerprint density at radius 1 is 0.706 bits per heavy atom. The number of carbonyl (C=O) groups is 2. The van der Waals surface area contributed by atoms with Gasteiger partial charge in [-0.1, -0.05) is 49.0 Å². The first-order valence-electron chi connectivity index (χ1n) is 13.0. The number of nitrogens with zero attached hydrogens (tertiary/aromatic N) is 6. The molecule has 0 spiro atoms. The third kappa shape index (κ3) is 7.36. The van der Waals surface area contributed by atoms with Crippen molar-refractivity contribution >= 4 is 11.8 Å². The summed E-state index contributed by atoms with van der Waals surface area (Å²) in [5.74, 6) is 0.892. The summed E-state index contributed by atoms with van der Waals surface area (Å²) in [6.45, 7) is 2.80. The van der Waals surface area contributed by atoms with Crippen LogP contribution in [-0.4, -0.2) is 54.9 Å². The maximum Gasteiger partial charge on any atom is 0.273 e. The van der Waals surface area contributed by atoms with E-state index in [1.54, 1.807) is 21.8 Å². The number of aromatic nitrogens is 6. The third-order valence-electron chi connectivity index (χ3n) is 7.12. The lowest BCUT2D eigenvalue weighted by Crippen LogP contribution is -2.30. The summed E-state index contributed by atoms with van der Waals surface area (Å²) in [6, 6.07) is 0. The zero-order chi connectivity index (χ0) is 23.6. The van der Waals surface area contributed by atoms with E-state index < -0.39 is 0 Å². The predicted octanol–water partition coefficient (Wildman–Crippen LogP) is 2.97. The average molecular weight is 471 g/mol. The van der Waals surface area contributed by atoms with Crippen molar-refractivity contribution in [1.29, 1.82) is 0 Å². The second-order valence-corrected chi connectivity index (χ2v) is 9.87. The monoisotopic (exact) mass is 470 g/mol. The fourth-order valence-electron chi connectivity index (χ4n) is 5.01. The highest BCUT2D eigenvalue weighted by atomic mass is 16.2. The third-order valence-corrected chi connectivity index (χ3v) is 7.12. The molecule has 0 aromatic carbocycles. The number of carbonyl (C=O) groups excluding carboxylic acids is 2. The summed E-state index contributed by atoms with van der Waals surface area (Å²) in [5.41, 5.74) is 0.743. The number of rotatable bonds is 11. The number of amides is 2. The Labute approximate surface area is 201 Å². The van der Waals surface area contributed by atoms with Gasteiger partial charge in [0.1, 0.15) is 0 Å². The summed E-state index contributed by atoms with van der Waals surface area (Å²) in [4.78, 5) is 24.7. The minimum absolute atomic E-state index is 0.145. The number of nitrogens with one attached hydrogen (secondary N) is 2. The molecule has 0 radical (unpaired) electrons. The van der Waals surface area contributed by atoms with E-state index in [0.717, 1.165) is 25.9 Å². The topological polar surface area (TPSA) is 120 Å². The van der Waals surface area contributed by atoms with E-state index in [4.69, 9.17) is 0 Å². The molecule has 2 fully saturated rings. The summed E-state index contributed by atoms with van der Waals surface area (Å²) in [5, 5.41) is 22.2. The first-order valence-corrected chi connectivity index (χ1v) is 13.0. The van der Waals surface area contributed by atoms with Crippen molar-refractivity contribution in [3.05, 3.63) is 23.8 Å². The van der Waals surface area contributed by atoms with Crippen LogP contribution in [0, 0.1) is 11.8 Å². The van der Waals surface area contributed by atoms with E-state index in [1.807, 2.05) is 0 Å². The number of hydrogen-bond donors (Lipinski definition) is 2. The molecule has 0 unspecified atom stereocenters. The average Bonchev–Trinajstić information content (AvgIpc) is 3.55. The quantitative estimate of drug-likeness (QED) is 0.487. The molecule has 2 heterocycles.